The van der Waals surface area contributed by atoms with Gasteiger partial charge in [0.15, 0.2) is 0 Å². The van der Waals surface area contributed by atoms with E-state index in [1.54, 1.807) is 0 Å². The number of hydrogen-bond acceptors (Lipinski definition) is 20. The molecule has 0 spiro atoms. The predicted molar refractivity (Wildman–Crippen MR) is 371 cm³/mol. The fourth-order valence-corrected chi connectivity index (χ4v) is 11.5. The third-order valence-corrected chi connectivity index (χ3v) is 16.1. The molecular formula is C65H114N8O8S4. The van der Waals surface area contributed by atoms with Crippen LogP contribution in [0.5, 0.6) is 0 Å². The van der Waals surface area contributed by atoms with Crippen molar-refractivity contribution in [3.05, 3.63) is 81.2 Å². The lowest BCUT2D eigenvalue weighted by molar-refractivity contribution is 0.112. The second kappa shape index (κ2) is 39.8. The smallest absolute Gasteiger partial charge is 0.220 e. The highest BCUT2D eigenvalue weighted by atomic mass is 32.1. The van der Waals surface area contributed by atoms with Crippen molar-refractivity contribution >= 4 is 71.6 Å². The number of nitrogens with one attached hydrogen (secondary N) is 4. The predicted octanol–water partition coefficient (Wildman–Crippen LogP) is 11.3. The Bertz CT molecular complexity index is 2730. The largest absolute Gasteiger partial charge is 0.379 e. The SMILES string of the molecule is CCCN(CC)CCOCCNc1c(C(C)(C)C)c(=S)c1=O.CCCN(CC)CCOCCNc1c(C(C)(C)C)c(=S)c1=O.CCN(C)CCOCCNc1c(C(C)(C)C)c(=S)c1=O.CCN(CC)CCOCCNc1c(C(C)(C)C)c(=S)c1=O. The molecule has 0 aliphatic rings. The molecule has 0 atom stereocenters. The van der Waals surface area contributed by atoms with E-state index in [1.807, 2.05) is 0 Å². The van der Waals surface area contributed by atoms with Crippen molar-refractivity contribution in [2.75, 3.05) is 179 Å². The second-order valence-corrected chi connectivity index (χ2v) is 27.2. The Morgan fingerprint density at radius 1 is 0.329 bits per heavy atom. The molecule has 0 aliphatic carbocycles. The van der Waals surface area contributed by atoms with Crippen LogP contribution < -0.4 is 43.0 Å². The van der Waals surface area contributed by atoms with E-state index in [4.69, 9.17) is 67.8 Å². The normalized spacial score (nSPS) is 12.3. The van der Waals surface area contributed by atoms with Crippen LogP contribution in [0.25, 0.3) is 0 Å². The highest BCUT2D eigenvalue weighted by Crippen LogP contribution is 2.33. The number of nitrogens with zero attached hydrogens (tertiary/aromatic N) is 4. The summed E-state index contributed by atoms with van der Waals surface area (Å²) in [5.74, 6) is 0. The van der Waals surface area contributed by atoms with Gasteiger partial charge in [-0.15, -0.1) is 0 Å². The number of ether oxygens (including phenoxy) is 4. The number of hydrogen-bond donors (Lipinski definition) is 4. The standard InChI is InChI=1S/2C17H30N2O2S.C16H28N2O2S.C15H26N2O2S/c2*1-6-9-19(7-2)10-12-21-11-8-18-14-13(17(3,4)5)16(22)15(14)20;1-6-18(7-2)9-11-20-10-8-17-13-12(16(3,4)5)15(21)14(13)19;1-6-17(5)8-10-19-9-7-16-12-11(15(2,3)4)14(20)13(12)18/h2*18H,6-12H2,1-5H3;17H,6-11H2,1-5H3;16H,6-10H2,1-5H3. The Balaban J connectivity index is 0.000000567. The Kier molecular flexibility index (Phi) is 37.4. The zero-order valence-corrected chi connectivity index (χ0v) is 59.6. The average Bonchev–Trinajstić information content (AvgIpc) is 1.91. The monoisotopic (exact) mass is 1260 g/mol. The zero-order valence-electron chi connectivity index (χ0n) is 56.4. The molecule has 0 amide bonds. The summed E-state index contributed by atoms with van der Waals surface area (Å²) in [5.41, 5.74) is 6.17. The summed E-state index contributed by atoms with van der Waals surface area (Å²) in [6.45, 7) is 59.1. The summed E-state index contributed by atoms with van der Waals surface area (Å²) in [6, 6.07) is 0. The molecule has 4 aromatic rings. The van der Waals surface area contributed by atoms with Gasteiger partial charge in [-0.05, 0) is 87.4 Å². The van der Waals surface area contributed by atoms with Gasteiger partial charge in [-0.3, -0.25) is 19.2 Å². The highest BCUT2D eigenvalue weighted by molar-refractivity contribution is 7.72. The maximum Gasteiger partial charge on any atom is 0.220 e. The van der Waals surface area contributed by atoms with Gasteiger partial charge in [0, 0.05) is 74.6 Å². The van der Waals surface area contributed by atoms with Crippen LogP contribution in [0.3, 0.4) is 0 Å². The highest BCUT2D eigenvalue weighted by Gasteiger charge is 2.30. The molecule has 4 rings (SSSR count). The second-order valence-electron chi connectivity index (χ2n) is 25.6. The third-order valence-electron chi connectivity index (χ3n) is 14.5. The zero-order chi connectivity index (χ0) is 64.9. The van der Waals surface area contributed by atoms with E-state index in [-0.39, 0.29) is 43.4 Å². The molecule has 0 heterocycles. The molecule has 4 aromatic carbocycles. The van der Waals surface area contributed by atoms with Gasteiger partial charge in [0.2, 0.25) is 21.7 Å². The Hall–Kier alpha value is -3.12. The molecule has 0 aromatic heterocycles. The molecule has 20 heteroatoms. The Labute approximate surface area is 533 Å². The van der Waals surface area contributed by atoms with Crippen molar-refractivity contribution in [3.63, 3.8) is 0 Å². The van der Waals surface area contributed by atoms with Gasteiger partial charge in [0.05, 0.1) is 93.6 Å². The summed E-state index contributed by atoms with van der Waals surface area (Å²) in [5, 5.41) is 12.7. The molecule has 0 bridgehead atoms. The van der Waals surface area contributed by atoms with E-state index in [9.17, 15) is 19.2 Å². The third kappa shape index (κ3) is 26.9. The quantitative estimate of drug-likeness (QED) is 0.0249. The fraction of sp³-hybridized carbons (Fsp3) is 0.754. The molecule has 4 N–H and O–H groups in total. The van der Waals surface area contributed by atoms with Crippen molar-refractivity contribution in [1.82, 2.24) is 19.6 Å². The minimum absolute atomic E-state index is 0.0278. The fourth-order valence-electron chi connectivity index (χ4n) is 9.49. The molecule has 486 valence electrons. The van der Waals surface area contributed by atoms with Crippen LogP contribution in [0.4, 0.5) is 22.7 Å². The van der Waals surface area contributed by atoms with Gasteiger partial charge in [-0.25, -0.2) is 0 Å². The summed E-state index contributed by atoms with van der Waals surface area (Å²) in [6.07, 6.45) is 2.34. The van der Waals surface area contributed by atoms with Crippen molar-refractivity contribution in [3.8, 4) is 0 Å². The first-order chi connectivity index (χ1) is 39.8. The van der Waals surface area contributed by atoms with Gasteiger partial charge in [-0.1, -0.05) is 180 Å². The van der Waals surface area contributed by atoms with Crippen molar-refractivity contribution in [2.24, 2.45) is 0 Å². The van der Waals surface area contributed by atoms with Crippen LogP contribution in [-0.2, 0) is 40.6 Å². The first kappa shape index (κ1) is 79.9. The Morgan fingerprint density at radius 3 is 0.753 bits per heavy atom. The molecule has 0 radical (unpaired) electrons. The van der Waals surface area contributed by atoms with Gasteiger partial charge in [0.1, 0.15) is 0 Å². The maximum absolute atomic E-state index is 11.8. The average molecular weight is 1260 g/mol. The summed E-state index contributed by atoms with van der Waals surface area (Å²) >= 11 is 20.6. The molecule has 0 fully saturated rings. The first-order valence-corrected chi connectivity index (χ1v) is 32.9. The van der Waals surface area contributed by atoms with Crippen molar-refractivity contribution in [1.29, 1.82) is 0 Å². The lowest BCUT2D eigenvalue weighted by atomic mass is 9.83. The minimum atomic E-state index is -0.0873. The maximum atomic E-state index is 11.8. The number of rotatable bonds is 37. The van der Waals surface area contributed by atoms with Crippen molar-refractivity contribution < 1.29 is 18.9 Å². The summed E-state index contributed by atoms with van der Waals surface area (Å²) in [7, 11) is 2.07. The van der Waals surface area contributed by atoms with Crippen LogP contribution in [0.15, 0.2) is 19.2 Å². The molecule has 0 saturated heterocycles. The van der Waals surface area contributed by atoms with E-state index in [0.29, 0.717) is 100 Å². The summed E-state index contributed by atoms with van der Waals surface area (Å²) < 4.78 is 24.3. The molecule has 0 unspecified atom stereocenters. The van der Waals surface area contributed by atoms with E-state index in [1.165, 1.54) is 12.8 Å². The van der Waals surface area contributed by atoms with Crippen LogP contribution in [0.2, 0.25) is 0 Å². The number of likely N-dealkylation sites (N-methyl/N-ethyl adjacent to an activating group) is 4. The Morgan fingerprint density at radius 2 is 0.553 bits per heavy atom. The van der Waals surface area contributed by atoms with Crippen LogP contribution in [0.1, 0.15) is 167 Å². The van der Waals surface area contributed by atoms with Crippen LogP contribution >= 0.6 is 48.9 Å². The van der Waals surface area contributed by atoms with E-state index < -0.39 is 0 Å². The lowest BCUT2D eigenvalue weighted by Crippen LogP contribution is -2.31. The minimum Gasteiger partial charge on any atom is -0.379 e. The van der Waals surface area contributed by atoms with E-state index in [2.05, 4.69) is 179 Å². The molecular weight excluding hydrogens is 1150 g/mol. The molecule has 0 aliphatic heterocycles. The molecule has 0 saturated carbocycles. The number of anilines is 4. The van der Waals surface area contributed by atoms with Crippen LogP contribution in [0, 0.1) is 18.0 Å². The summed E-state index contributed by atoms with van der Waals surface area (Å²) in [4.78, 5) is 56.5. The van der Waals surface area contributed by atoms with E-state index >= 15 is 0 Å². The van der Waals surface area contributed by atoms with Gasteiger partial charge >= 0.3 is 0 Å². The van der Waals surface area contributed by atoms with Crippen LogP contribution in [-0.4, -0.2) is 178 Å². The first-order valence-electron chi connectivity index (χ1n) is 31.2. The topological polar surface area (TPSA) is 166 Å². The van der Waals surface area contributed by atoms with E-state index in [0.717, 1.165) is 114 Å². The van der Waals surface area contributed by atoms with Gasteiger partial charge in [-0.2, -0.15) is 0 Å². The molecule has 85 heavy (non-hydrogen) atoms. The van der Waals surface area contributed by atoms with Gasteiger partial charge < -0.3 is 59.8 Å². The van der Waals surface area contributed by atoms with Crippen molar-refractivity contribution in [2.45, 2.75) is 166 Å². The van der Waals surface area contributed by atoms with Gasteiger partial charge in [0.25, 0.3) is 0 Å². The molecule has 16 nitrogen and oxygen atoms in total. The lowest BCUT2D eigenvalue weighted by Gasteiger charge is -2.25.